The van der Waals surface area contributed by atoms with Gasteiger partial charge in [0, 0.05) is 24.8 Å². The molecule has 5 heteroatoms. The number of benzene rings is 1. The van der Waals surface area contributed by atoms with E-state index in [9.17, 15) is 4.79 Å². The van der Waals surface area contributed by atoms with Gasteiger partial charge in [0.25, 0.3) is 5.91 Å². The second-order valence-electron chi connectivity index (χ2n) is 4.93. The first-order chi connectivity index (χ1) is 10.1. The smallest absolute Gasteiger partial charge is 0.258 e. The molecule has 1 amide bonds. The highest BCUT2D eigenvalue weighted by atomic mass is 16.5. The SMILES string of the molecule is CCn1cc(CNC(=O)COc2ccccc2C)c(C)n1. The molecule has 5 nitrogen and oxygen atoms in total. The van der Waals surface area contributed by atoms with Crippen molar-refractivity contribution in [3.05, 3.63) is 47.3 Å². The number of rotatable bonds is 6. The third-order valence-electron chi connectivity index (χ3n) is 3.30. The van der Waals surface area contributed by atoms with Crippen molar-refractivity contribution < 1.29 is 9.53 Å². The number of carbonyl (C=O) groups is 1. The van der Waals surface area contributed by atoms with Crippen LogP contribution in [0.25, 0.3) is 0 Å². The molecule has 2 rings (SSSR count). The minimum Gasteiger partial charge on any atom is -0.484 e. The fourth-order valence-corrected chi connectivity index (χ4v) is 2.00. The fourth-order valence-electron chi connectivity index (χ4n) is 2.00. The van der Waals surface area contributed by atoms with E-state index in [1.165, 1.54) is 0 Å². The van der Waals surface area contributed by atoms with Gasteiger partial charge in [0.2, 0.25) is 0 Å². The second-order valence-corrected chi connectivity index (χ2v) is 4.93. The lowest BCUT2D eigenvalue weighted by Gasteiger charge is -2.09. The van der Waals surface area contributed by atoms with Gasteiger partial charge in [-0.25, -0.2) is 0 Å². The normalized spacial score (nSPS) is 10.4. The van der Waals surface area contributed by atoms with Gasteiger partial charge < -0.3 is 10.1 Å². The van der Waals surface area contributed by atoms with Crippen LogP contribution >= 0.6 is 0 Å². The molecule has 2 aromatic rings. The van der Waals surface area contributed by atoms with Crippen LogP contribution in [0.4, 0.5) is 0 Å². The van der Waals surface area contributed by atoms with Crippen molar-refractivity contribution in [2.75, 3.05) is 6.61 Å². The molecule has 0 radical (unpaired) electrons. The van der Waals surface area contributed by atoms with Gasteiger partial charge in [-0.2, -0.15) is 5.10 Å². The van der Waals surface area contributed by atoms with Crippen LogP contribution in [-0.4, -0.2) is 22.3 Å². The second kappa shape index (κ2) is 6.92. The molecule has 0 fully saturated rings. The largest absolute Gasteiger partial charge is 0.484 e. The Morgan fingerprint density at radius 3 is 2.76 bits per heavy atom. The number of nitrogens with one attached hydrogen (secondary N) is 1. The average molecular weight is 287 g/mol. The topological polar surface area (TPSA) is 56.2 Å². The van der Waals surface area contributed by atoms with Crippen molar-refractivity contribution in [3.63, 3.8) is 0 Å². The summed E-state index contributed by atoms with van der Waals surface area (Å²) in [7, 11) is 0. The quantitative estimate of drug-likeness (QED) is 0.886. The van der Waals surface area contributed by atoms with Crippen LogP contribution in [0.1, 0.15) is 23.7 Å². The van der Waals surface area contributed by atoms with E-state index in [4.69, 9.17) is 4.74 Å². The number of hydrogen-bond acceptors (Lipinski definition) is 3. The van der Waals surface area contributed by atoms with Crippen LogP contribution in [0.5, 0.6) is 5.75 Å². The molecular formula is C16H21N3O2. The van der Waals surface area contributed by atoms with E-state index < -0.39 is 0 Å². The van der Waals surface area contributed by atoms with Crippen molar-refractivity contribution >= 4 is 5.91 Å². The number of aromatic nitrogens is 2. The zero-order valence-electron chi connectivity index (χ0n) is 12.7. The summed E-state index contributed by atoms with van der Waals surface area (Å²) in [6.45, 7) is 7.25. The van der Waals surface area contributed by atoms with Gasteiger partial charge in [-0.1, -0.05) is 18.2 Å². The molecule has 112 valence electrons. The summed E-state index contributed by atoms with van der Waals surface area (Å²) < 4.78 is 7.37. The molecule has 0 spiro atoms. The maximum absolute atomic E-state index is 11.8. The molecule has 0 saturated heterocycles. The van der Waals surface area contributed by atoms with E-state index in [2.05, 4.69) is 10.4 Å². The third kappa shape index (κ3) is 4.08. The predicted molar refractivity (Wildman–Crippen MR) is 81.2 cm³/mol. The Morgan fingerprint density at radius 2 is 2.10 bits per heavy atom. The Kier molecular flexibility index (Phi) is 4.98. The molecule has 1 heterocycles. The van der Waals surface area contributed by atoms with Gasteiger partial charge >= 0.3 is 0 Å². The summed E-state index contributed by atoms with van der Waals surface area (Å²) in [4.78, 5) is 11.8. The first-order valence-corrected chi connectivity index (χ1v) is 7.08. The minimum absolute atomic E-state index is 0.0197. The monoisotopic (exact) mass is 287 g/mol. The summed E-state index contributed by atoms with van der Waals surface area (Å²) >= 11 is 0. The lowest BCUT2D eigenvalue weighted by atomic mass is 10.2. The van der Waals surface area contributed by atoms with Crippen LogP contribution < -0.4 is 10.1 Å². The standard InChI is InChI=1S/C16H21N3O2/c1-4-19-10-14(13(3)18-19)9-17-16(20)11-21-15-8-6-5-7-12(15)2/h5-8,10H,4,9,11H2,1-3H3,(H,17,20). The fraction of sp³-hybridized carbons (Fsp3) is 0.375. The number of aryl methyl sites for hydroxylation is 3. The average Bonchev–Trinajstić information content (AvgIpc) is 2.84. The highest BCUT2D eigenvalue weighted by molar-refractivity contribution is 5.77. The van der Waals surface area contributed by atoms with E-state index in [1.807, 2.05) is 55.9 Å². The molecule has 0 atom stereocenters. The molecule has 1 N–H and O–H groups in total. The maximum Gasteiger partial charge on any atom is 0.258 e. The van der Waals surface area contributed by atoms with Gasteiger partial charge in [0.1, 0.15) is 5.75 Å². The van der Waals surface area contributed by atoms with Crippen LogP contribution in [-0.2, 0) is 17.9 Å². The van der Waals surface area contributed by atoms with Crippen molar-refractivity contribution in [2.24, 2.45) is 0 Å². The van der Waals surface area contributed by atoms with Crippen LogP contribution in [0, 0.1) is 13.8 Å². The highest BCUT2D eigenvalue weighted by Crippen LogP contribution is 2.15. The summed E-state index contributed by atoms with van der Waals surface area (Å²) in [6.07, 6.45) is 1.96. The Morgan fingerprint density at radius 1 is 1.33 bits per heavy atom. The van der Waals surface area contributed by atoms with E-state index >= 15 is 0 Å². The molecule has 0 unspecified atom stereocenters. The molecule has 1 aromatic carbocycles. The number of hydrogen-bond donors (Lipinski definition) is 1. The van der Waals surface area contributed by atoms with Gasteiger partial charge in [-0.3, -0.25) is 9.48 Å². The molecule has 21 heavy (non-hydrogen) atoms. The number of para-hydroxylation sites is 1. The van der Waals surface area contributed by atoms with E-state index in [0.29, 0.717) is 6.54 Å². The van der Waals surface area contributed by atoms with Gasteiger partial charge in [-0.15, -0.1) is 0 Å². The predicted octanol–water partition coefficient (Wildman–Crippen LogP) is 2.22. The summed E-state index contributed by atoms with van der Waals surface area (Å²) in [5.74, 6) is 0.601. The number of carbonyl (C=O) groups excluding carboxylic acids is 1. The van der Waals surface area contributed by atoms with Crippen molar-refractivity contribution in [1.29, 1.82) is 0 Å². The van der Waals surface area contributed by atoms with Gasteiger partial charge in [0.05, 0.1) is 5.69 Å². The zero-order chi connectivity index (χ0) is 15.2. The van der Waals surface area contributed by atoms with Crippen molar-refractivity contribution in [2.45, 2.75) is 33.9 Å². The molecule has 0 saturated carbocycles. The first kappa shape index (κ1) is 15.1. The Balaban J connectivity index is 1.82. The number of amides is 1. The van der Waals surface area contributed by atoms with Crippen LogP contribution in [0.3, 0.4) is 0 Å². The summed E-state index contributed by atoms with van der Waals surface area (Å²) in [5.41, 5.74) is 2.99. The number of ether oxygens (including phenoxy) is 1. The van der Waals surface area contributed by atoms with Crippen LogP contribution in [0.15, 0.2) is 30.5 Å². The van der Waals surface area contributed by atoms with E-state index in [0.717, 1.165) is 29.1 Å². The Hall–Kier alpha value is -2.30. The molecule has 0 aliphatic heterocycles. The Labute approximate surface area is 124 Å². The van der Waals surface area contributed by atoms with Crippen molar-refractivity contribution in [1.82, 2.24) is 15.1 Å². The first-order valence-electron chi connectivity index (χ1n) is 7.08. The molecule has 0 aliphatic carbocycles. The van der Waals surface area contributed by atoms with E-state index in [-0.39, 0.29) is 12.5 Å². The van der Waals surface area contributed by atoms with Gasteiger partial charge in [0.15, 0.2) is 6.61 Å². The molecular weight excluding hydrogens is 266 g/mol. The summed E-state index contributed by atoms with van der Waals surface area (Å²) in [6, 6.07) is 7.65. The Bertz CT molecular complexity index is 620. The molecule has 0 bridgehead atoms. The minimum atomic E-state index is -0.137. The lowest BCUT2D eigenvalue weighted by molar-refractivity contribution is -0.123. The third-order valence-corrected chi connectivity index (χ3v) is 3.30. The van der Waals surface area contributed by atoms with Gasteiger partial charge in [-0.05, 0) is 32.4 Å². The zero-order valence-corrected chi connectivity index (χ0v) is 12.7. The van der Waals surface area contributed by atoms with Crippen LogP contribution in [0.2, 0.25) is 0 Å². The highest BCUT2D eigenvalue weighted by Gasteiger charge is 2.07. The maximum atomic E-state index is 11.8. The molecule has 1 aromatic heterocycles. The lowest BCUT2D eigenvalue weighted by Crippen LogP contribution is -2.28. The van der Waals surface area contributed by atoms with E-state index in [1.54, 1.807) is 0 Å². The number of nitrogens with zero attached hydrogens (tertiary/aromatic N) is 2. The summed E-state index contributed by atoms with van der Waals surface area (Å²) in [5, 5.41) is 7.20. The van der Waals surface area contributed by atoms with Crippen molar-refractivity contribution in [3.8, 4) is 5.75 Å². The molecule has 0 aliphatic rings.